The molecule has 0 saturated carbocycles. The average Bonchev–Trinajstić information content (AvgIpc) is 2.01. The van der Waals surface area contributed by atoms with Gasteiger partial charge in [0.25, 0.3) is 0 Å². The fourth-order valence-corrected chi connectivity index (χ4v) is 0.870. The molecular weight excluding hydrogens is 156 g/mol. The fourth-order valence-electron chi connectivity index (χ4n) is 0.870. The largest absolute Gasteiger partial charge is 0.351 e. The zero-order valence-corrected chi connectivity index (χ0v) is 7.80. The summed E-state index contributed by atoms with van der Waals surface area (Å²) in [7, 11) is 0. The Labute approximate surface area is 73.4 Å². The third-order valence-electron chi connectivity index (χ3n) is 1.51. The summed E-state index contributed by atoms with van der Waals surface area (Å²) in [5.74, 6) is 4.92. The van der Waals surface area contributed by atoms with Gasteiger partial charge in [-0.1, -0.05) is 13.3 Å². The van der Waals surface area contributed by atoms with Crippen LogP contribution >= 0.6 is 0 Å². The number of rotatable bonds is 6. The van der Waals surface area contributed by atoms with E-state index in [0.717, 1.165) is 12.8 Å². The van der Waals surface area contributed by atoms with Crippen LogP contribution in [0.3, 0.4) is 0 Å². The summed E-state index contributed by atoms with van der Waals surface area (Å²) in [5, 5.41) is 2.77. The fraction of sp³-hybridized carbons (Fsp3) is 0.875. The predicted molar refractivity (Wildman–Crippen MR) is 47.3 cm³/mol. The summed E-state index contributed by atoms with van der Waals surface area (Å²) < 4.78 is 0. The van der Waals surface area contributed by atoms with E-state index >= 15 is 0 Å². The summed E-state index contributed by atoms with van der Waals surface area (Å²) >= 11 is 0. The standard InChI is InChI=1S/C8H18N2O2/c1-3-4-5-8(11)10-7(2)6-12-9/h7H,3-6,9H2,1-2H3,(H,10,11). The van der Waals surface area contributed by atoms with Gasteiger partial charge in [0, 0.05) is 6.42 Å². The van der Waals surface area contributed by atoms with Crippen molar-refractivity contribution in [3.8, 4) is 0 Å². The van der Waals surface area contributed by atoms with Crippen LogP contribution in [0.25, 0.3) is 0 Å². The molecule has 0 aliphatic carbocycles. The van der Waals surface area contributed by atoms with Crippen molar-refractivity contribution in [2.75, 3.05) is 6.61 Å². The molecule has 1 amide bonds. The molecule has 0 radical (unpaired) electrons. The van der Waals surface area contributed by atoms with E-state index in [1.54, 1.807) is 0 Å². The van der Waals surface area contributed by atoms with Crippen molar-refractivity contribution in [1.82, 2.24) is 5.32 Å². The van der Waals surface area contributed by atoms with Gasteiger partial charge in [0.05, 0.1) is 12.6 Å². The minimum atomic E-state index is -0.000596. The molecule has 0 bridgehead atoms. The Morgan fingerprint density at radius 1 is 1.67 bits per heavy atom. The smallest absolute Gasteiger partial charge is 0.220 e. The number of unbranched alkanes of at least 4 members (excludes halogenated alkanes) is 1. The number of hydrogen-bond donors (Lipinski definition) is 2. The van der Waals surface area contributed by atoms with E-state index in [0.29, 0.717) is 13.0 Å². The van der Waals surface area contributed by atoms with Crippen LogP contribution in [0.2, 0.25) is 0 Å². The van der Waals surface area contributed by atoms with Crippen LogP contribution in [0.5, 0.6) is 0 Å². The van der Waals surface area contributed by atoms with E-state index in [9.17, 15) is 4.79 Å². The summed E-state index contributed by atoms with van der Waals surface area (Å²) in [6, 6.07) is -0.000596. The van der Waals surface area contributed by atoms with Crippen molar-refractivity contribution in [1.29, 1.82) is 0 Å². The topological polar surface area (TPSA) is 64.3 Å². The van der Waals surface area contributed by atoms with E-state index in [2.05, 4.69) is 17.1 Å². The van der Waals surface area contributed by atoms with Crippen molar-refractivity contribution in [2.24, 2.45) is 5.90 Å². The van der Waals surface area contributed by atoms with Gasteiger partial charge in [-0.15, -0.1) is 0 Å². The predicted octanol–water partition coefficient (Wildman–Crippen LogP) is 0.572. The first-order valence-electron chi connectivity index (χ1n) is 4.31. The van der Waals surface area contributed by atoms with Gasteiger partial charge in [0.15, 0.2) is 0 Å². The third-order valence-corrected chi connectivity index (χ3v) is 1.51. The van der Waals surface area contributed by atoms with E-state index in [-0.39, 0.29) is 11.9 Å². The first-order valence-corrected chi connectivity index (χ1v) is 4.31. The van der Waals surface area contributed by atoms with Crippen molar-refractivity contribution in [2.45, 2.75) is 39.2 Å². The lowest BCUT2D eigenvalue weighted by atomic mass is 10.2. The van der Waals surface area contributed by atoms with Gasteiger partial charge in [0.1, 0.15) is 0 Å². The molecule has 0 aromatic carbocycles. The highest BCUT2D eigenvalue weighted by Crippen LogP contribution is 1.94. The van der Waals surface area contributed by atoms with E-state index in [1.165, 1.54) is 0 Å². The van der Waals surface area contributed by atoms with Crippen LogP contribution in [-0.4, -0.2) is 18.6 Å². The van der Waals surface area contributed by atoms with Gasteiger partial charge in [0.2, 0.25) is 5.91 Å². The molecule has 0 saturated heterocycles. The lowest BCUT2D eigenvalue weighted by Gasteiger charge is -2.11. The van der Waals surface area contributed by atoms with E-state index < -0.39 is 0 Å². The number of carbonyl (C=O) groups excluding carboxylic acids is 1. The molecule has 0 fully saturated rings. The second kappa shape index (κ2) is 7.06. The molecule has 0 aromatic rings. The molecular formula is C8H18N2O2. The van der Waals surface area contributed by atoms with Crippen molar-refractivity contribution >= 4 is 5.91 Å². The lowest BCUT2D eigenvalue weighted by molar-refractivity contribution is -0.122. The van der Waals surface area contributed by atoms with Crippen molar-refractivity contribution in [3.05, 3.63) is 0 Å². The average molecular weight is 174 g/mol. The quantitative estimate of drug-likeness (QED) is 0.579. The van der Waals surface area contributed by atoms with Gasteiger partial charge in [-0.25, -0.2) is 5.90 Å². The summed E-state index contributed by atoms with van der Waals surface area (Å²) in [6.45, 7) is 4.27. The van der Waals surface area contributed by atoms with Crippen LogP contribution in [0, 0.1) is 0 Å². The molecule has 1 unspecified atom stereocenters. The minimum absolute atomic E-state index is 0.000596. The third kappa shape index (κ3) is 6.12. The molecule has 0 spiro atoms. The Morgan fingerprint density at radius 2 is 2.33 bits per heavy atom. The van der Waals surface area contributed by atoms with Crippen LogP contribution in [0.1, 0.15) is 33.1 Å². The van der Waals surface area contributed by atoms with Crippen LogP contribution in [-0.2, 0) is 9.63 Å². The van der Waals surface area contributed by atoms with Gasteiger partial charge < -0.3 is 10.2 Å². The number of carbonyl (C=O) groups is 1. The molecule has 4 heteroatoms. The Morgan fingerprint density at radius 3 is 2.83 bits per heavy atom. The molecule has 72 valence electrons. The highest BCUT2D eigenvalue weighted by molar-refractivity contribution is 5.76. The molecule has 0 aliphatic heterocycles. The first-order chi connectivity index (χ1) is 5.70. The Kier molecular flexibility index (Phi) is 6.70. The normalized spacial score (nSPS) is 12.6. The van der Waals surface area contributed by atoms with E-state index in [4.69, 9.17) is 5.90 Å². The monoisotopic (exact) mass is 174 g/mol. The molecule has 4 nitrogen and oxygen atoms in total. The second-order valence-electron chi connectivity index (χ2n) is 2.91. The van der Waals surface area contributed by atoms with Crippen LogP contribution in [0.4, 0.5) is 0 Å². The lowest BCUT2D eigenvalue weighted by Crippen LogP contribution is -2.36. The highest BCUT2D eigenvalue weighted by Gasteiger charge is 2.05. The SMILES string of the molecule is CCCCC(=O)NC(C)CON. The zero-order chi connectivity index (χ0) is 9.40. The number of nitrogens with one attached hydrogen (secondary N) is 1. The highest BCUT2D eigenvalue weighted by atomic mass is 16.6. The molecule has 3 N–H and O–H groups in total. The molecule has 0 aliphatic rings. The Hall–Kier alpha value is -0.610. The van der Waals surface area contributed by atoms with Crippen molar-refractivity contribution in [3.63, 3.8) is 0 Å². The number of nitrogens with two attached hydrogens (primary N) is 1. The molecule has 0 rings (SSSR count). The molecule has 12 heavy (non-hydrogen) atoms. The second-order valence-corrected chi connectivity index (χ2v) is 2.91. The Bertz CT molecular complexity index is 128. The van der Waals surface area contributed by atoms with Gasteiger partial charge >= 0.3 is 0 Å². The molecule has 1 atom stereocenters. The molecule has 0 heterocycles. The van der Waals surface area contributed by atoms with Crippen LogP contribution < -0.4 is 11.2 Å². The number of hydrogen-bond acceptors (Lipinski definition) is 3. The Balaban J connectivity index is 3.40. The molecule has 0 aromatic heterocycles. The van der Waals surface area contributed by atoms with Crippen LogP contribution in [0.15, 0.2) is 0 Å². The van der Waals surface area contributed by atoms with E-state index in [1.807, 2.05) is 6.92 Å². The van der Waals surface area contributed by atoms with Gasteiger partial charge in [-0.2, -0.15) is 0 Å². The van der Waals surface area contributed by atoms with Gasteiger partial charge in [-0.05, 0) is 13.3 Å². The summed E-state index contributed by atoms with van der Waals surface area (Å²) in [6.07, 6.45) is 2.56. The summed E-state index contributed by atoms with van der Waals surface area (Å²) in [5.41, 5.74) is 0. The van der Waals surface area contributed by atoms with Crippen molar-refractivity contribution < 1.29 is 9.63 Å². The maximum absolute atomic E-state index is 11.1. The zero-order valence-electron chi connectivity index (χ0n) is 7.80. The number of amides is 1. The summed E-state index contributed by atoms with van der Waals surface area (Å²) in [4.78, 5) is 15.5. The van der Waals surface area contributed by atoms with Gasteiger partial charge in [-0.3, -0.25) is 4.79 Å². The first kappa shape index (κ1) is 11.4. The maximum atomic E-state index is 11.1. The maximum Gasteiger partial charge on any atom is 0.220 e. The minimum Gasteiger partial charge on any atom is -0.351 e.